The molecular weight excluding hydrogens is 361 g/mol. The van der Waals surface area contributed by atoms with Crippen LogP contribution in [0.3, 0.4) is 0 Å². The van der Waals surface area contributed by atoms with Crippen LogP contribution in [0.1, 0.15) is 42.6 Å². The molecule has 0 aliphatic carbocycles. The minimum absolute atomic E-state index is 0.299. The Labute approximate surface area is 163 Å². The molecular formula is C22H23ClFN3. The number of likely N-dealkylation sites (N-methyl/N-ethyl adjacent to an activating group) is 1. The summed E-state index contributed by atoms with van der Waals surface area (Å²) in [6, 6.07) is 10.5. The summed E-state index contributed by atoms with van der Waals surface area (Å²) in [6.45, 7) is 1.97. The number of fused-ring (bicyclic) bond motifs is 6. The summed E-state index contributed by atoms with van der Waals surface area (Å²) in [5, 5.41) is 1.92. The van der Waals surface area contributed by atoms with Crippen LogP contribution in [0.25, 0.3) is 10.9 Å². The SMILES string of the molecule is CN1C2CCC1c1c(n(CC(C)(F)c3ccncc3)c3ccc(Cl)cc13)C2. The van der Waals surface area contributed by atoms with Crippen molar-refractivity contribution in [2.45, 2.75) is 50.5 Å². The fourth-order valence-corrected chi connectivity index (χ4v) is 5.27. The van der Waals surface area contributed by atoms with Crippen LogP contribution in [-0.4, -0.2) is 27.5 Å². The molecule has 2 aliphatic heterocycles. The number of pyridine rings is 1. The summed E-state index contributed by atoms with van der Waals surface area (Å²) in [7, 11) is 2.22. The van der Waals surface area contributed by atoms with Gasteiger partial charge in [0.15, 0.2) is 5.67 Å². The van der Waals surface area contributed by atoms with Gasteiger partial charge in [-0.1, -0.05) is 11.6 Å². The largest absolute Gasteiger partial charge is 0.341 e. The highest BCUT2D eigenvalue weighted by Crippen LogP contribution is 2.47. The molecule has 2 aromatic heterocycles. The summed E-state index contributed by atoms with van der Waals surface area (Å²) in [4.78, 5) is 6.52. The van der Waals surface area contributed by atoms with E-state index in [0.29, 0.717) is 24.2 Å². The Kier molecular flexibility index (Phi) is 3.85. The Morgan fingerprint density at radius 2 is 2.00 bits per heavy atom. The van der Waals surface area contributed by atoms with Crippen molar-refractivity contribution in [2.75, 3.05) is 7.05 Å². The minimum Gasteiger partial charge on any atom is -0.341 e. The molecule has 4 heterocycles. The molecule has 5 heteroatoms. The molecule has 0 spiro atoms. The first kappa shape index (κ1) is 17.2. The molecule has 27 heavy (non-hydrogen) atoms. The van der Waals surface area contributed by atoms with E-state index in [1.807, 2.05) is 12.1 Å². The summed E-state index contributed by atoms with van der Waals surface area (Å²) < 4.78 is 18.0. The monoisotopic (exact) mass is 383 g/mol. The van der Waals surface area contributed by atoms with Crippen LogP contribution in [0.4, 0.5) is 4.39 Å². The molecule has 3 atom stereocenters. The molecule has 3 unspecified atom stereocenters. The van der Waals surface area contributed by atoms with E-state index in [2.05, 4.69) is 27.6 Å². The van der Waals surface area contributed by atoms with Crippen molar-refractivity contribution in [3.05, 3.63) is 64.6 Å². The Balaban J connectivity index is 1.69. The fourth-order valence-electron chi connectivity index (χ4n) is 5.10. The van der Waals surface area contributed by atoms with Gasteiger partial charge in [0.2, 0.25) is 0 Å². The molecule has 0 saturated carbocycles. The Hall–Kier alpha value is -1.91. The number of benzene rings is 1. The van der Waals surface area contributed by atoms with E-state index in [0.717, 1.165) is 23.4 Å². The quantitative estimate of drug-likeness (QED) is 0.614. The van der Waals surface area contributed by atoms with Gasteiger partial charge in [0.1, 0.15) is 0 Å². The number of hydrogen-bond acceptors (Lipinski definition) is 2. The van der Waals surface area contributed by atoms with Gasteiger partial charge >= 0.3 is 0 Å². The van der Waals surface area contributed by atoms with E-state index in [9.17, 15) is 0 Å². The Morgan fingerprint density at radius 1 is 1.22 bits per heavy atom. The molecule has 1 aromatic carbocycles. The van der Waals surface area contributed by atoms with Gasteiger partial charge in [-0.15, -0.1) is 0 Å². The zero-order valence-corrected chi connectivity index (χ0v) is 16.4. The number of rotatable bonds is 3. The van der Waals surface area contributed by atoms with Gasteiger partial charge in [-0.3, -0.25) is 9.88 Å². The number of halogens is 2. The predicted molar refractivity (Wildman–Crippen MR) is 107 cm³/mol. The molecule has 3 aromatic rings. The van der Waals surface area contributed by atoms with Gasteiger partial charge < -0.3 is 4.57 Å². The average molecular weight is 384 g/mol. The van der Waals surface area contributed by atoms with Crippen LogP contribution >= 0.6 is 11.6 Å². The number of aromatic nitrogens is 2. The van der Waals surface area contributed by atoms with E-state index in [1.165, 1.54) is 23.1 Å². The highest BCUT2D eigenvalue weighted by Gasteiger charge is 2.41. The summed E-state index contributed by atoms with van der Waals surface area (Å²) >= 11 is 6.33. The molecule has 2 bridgehead atoms. The number of nitrogens with zero attached hydrogens (tertiary/aromatic N) is 3. The third-order valence-corrected chi connectivity index (χ3v) is 6.75. The van der Waals surface area contributed by atoms with Crippen molar-refractivity contribution in [2.24, 2.45) is 0 Å². The zero-order chi connectivity index (χ0) is 18.8. The van der Waals surface area contributed by atoms with Crippen molar-refractivity contribution in [3.63, 3.8) is 0 Å². The fraction of sp³-hybridized carbons (Fsp3) is 0.409. The van der Waals surface area contributed by atoms with Crippen LogP contribution in [0.2, 0.25) is 5.02 Å². The van der Waals surface area contributed by atoms with E-state index >= 15 is 4.39 Å². The van der Waals surface area contributed by atoms with Gasteiger partial charge in [0, 0.05) is 52.5 Å². The molecule has 1 saturated heterocycles. The third-order valence-electron chi connectivity index (χ3n) is 6.52. The second-order valence-electron chi connectivity index (χ2n) is 8.16. The normalized spacial score (nSPS) is 24.1. The minimum atomic E-state index is -1.47. The predicted octanol–water partition coefficient (Wildman–Crippen LogP) is 5.27. The first-order valence-electron chi connectivity index (χ1n) is 9.57. The molecule has 140 valence electrons. The lowest BCUT2D eigenvalue weighted by Gasteiger charge is -2.33. The summed E-state index contributed by atoms with van der Waals surface area (Å²) in [6.07, 6.45) is 6.66. The molecule has 5 rings (SSSR count). The van der Waals surface area contributed by atoms with E-state index in [1.54, 1.807) is 31.5 Å². The zero-order valence-electron chi connectivity index (χ0n) is 15.6. The second-order valence-corrected chi connectivity index (χ2v) is 8.59. The number of alkyl halides is 1. The second kappa shape index (κ2) is 6.05. The van der Waals surface area contributed by atoms with Gasteiger partial charge in [0.05, 0.1) is 6.54 Å². The van der Waals surface area contributed by atoms with Crippen molar-refractivity contribution in [1.29, 1.82) is 0 Å². The maximum absolute atomic E-state index is 15.8. The smallest absolute Gasteiger partial charge is 0.151 e. The molecule has 0 amide bonds. The third kappa shape index (κ3) is 2.61. The summed E-state index contributed by atoms with van der Waals surface area (Å²) in [5.74, 6) is 0. The number of hydrogen-bond donors (Lipinski definition) is 0. The lowest BCUT2D eigenvalue weighted by molar-refractivity contribution is 0.158. The maximum atomic E-state index is 15.8. The molecule has 0 radical (unpaired) electrons. The standard InChI is InChI=1S/C22H23ClFN3/c1-22(24,14-7-9-25-10-8-14)13-27-18-5-3-15(23)11-17(18)21-19-6-4-16(26(19)2)12-20(21)27/h3,5,7-11,16,19H,4,6,12-13H2,1-2H3. The van der Waals surface area contributed by atoms with Crippen LogP contribution in [-0.2, 0) is 18.6 Å². The van der Waals surface area contributed by atoms with Gasteiger partial charge in [-0.2, -0.15) is 0 Å². The van der Waals surface area contributed by atoms with Crippen LogP contribution in [0.15, 0.2) is 42.7 Å². The highest BCUT2D eigenvalue weighted by atomic mass is 35.5. The lowest BCUT2D eigenvalue weighted by Crippen LogP contribution is -2.35. The molecule has 0 N–H and O–H groups in total. The Morgan fingerprint density at radius 3 is 2.78 bits per heavy atom. The van der Waals surface area contributed by atoms with Gasteiger partial charge in [-0.05, 0) is 68.3 Å². The van der Waals surface area contributed by atoms with Crippen molar-refractivity contribution in [1.82, 2.24) is 14.5 Å². The molecule has 3 nitrogen and oxygen atoms in total. The first-order chi connectivity index (χ1) is 13.0. The van der Waals surface area contributed by atoms with Crippen molar-refractivity contribution >= 4 is 22.5 Å². The van der Waals surface area contributed by atoms with Crippen LogP contribution < -0.4 is 0 Å². The lowest BCUT2D eigenvalue weighted by atomic mass is 9.96. The maximum Gasteiger partial charge on any atom is 0.151 e. The van der Waals surface area contributed by atoms with Gasteiger partial charge in [0.25, 0.3) is 0 Å². The van der Waals surface area contributed by atoms with Crippen molar-refractivity contribution < 1.29 is 4.39 Å². The topological polar surface area (TPSA) is 21.1 Å². The van der Waals surface area contributed by atoms with Crippen LogP contribution in [0.5, 0.6) is 0 Å². The Bertz CT molecular complexity index is 1010. The van der Waals surface area contributed by atoms with E-state index in [4.69, 9.17) is 11.6 Å². The first-order valence-corrected chi connectivity index (χ1v) is 9.95. The van der Waals surface area contributed by atoms with Crippen LogP contribution in [0, 0.1) is 0 Å². The van der Waals surface area contributed by atoms with E-state index in [-0.39, 0.29) is 0 Å². The van der Waals surface area contributed by atoms with Gasteiger partial charge in [-0.25, -0.2) is 4.39 Å². The average Bonchev–Trinajstić information content (AvgIpc) is 3.06. The highest BCUT2D eigenvalue weighted by molar-refractivity contribution is 6.31. The van der Waals surface area contributed by atoms with Crippen molar-refractivity contribution in [3.8, 4) is 0 Å². The molecule has 2 aliphatic rings. The summed E-state index contributed by atoms with van der Waals surface area (Å²) in [5.41, 5.74) is 2.93. The molecule has 1 fully saturated rings. The van der Waals surface area contributed by atoms with E-state index < -0.39 is 5.67 Å².